The molecule has 3 rings (SSSR count). The summed E-state index contributed by atoms with van der Waals surface area (Å²) < 4.78 is 2.09. The van der Waals surface area contributed by atoms with Crippen LogP contribution in [0, 0.1) is 0 Å². The number of nitrogens with one attached hydrogen (secondary N) is 3. The molecule has 20 heavy (non-hydrogen) atoms. The molecule has 0 aliphatic rings. The predicted octanol–water partition coefficient (Wildman–Crippen LogP) is 2.32. The third-order valence-electron chi connectivity index (χ3n) is 3.32. The van der Waals surface area contributed by atoms with E-state index in [1.807, 2.05) is 43.6 Å². The van der Waals surface area contributed by atoms with Crippen LogP contribution in [-0.2, 0) is 13.6 Å². The van der Waals surface area contributed by atoms with Gasteiger partial charge in [0.1, 0.15) is 0 Å². The third-order valence-corrected chi connectivity index (χ3v) is 3.32. The van der Waals surface area contributed by atoms with Gasteiger partial charge in [-0.3, -0.25) is 15.0 Å². The smallest absolute Gasteiger partial charge is 0.264 e. The zero-order valence-corrected chi connectivity index (χ0v) is 11.2. The molecule has 0 spiro atoms. The van der Waals surface area contributed by atoms with Crippen LogP contribution in [0.25, 0.3) is 11.3 Å². The van der Waals surface area contributed by atoms with Crippen LogP contribution in [0.5, 0.6) is 0 Å². The fraction of sp³-hybridized carbons (Fsp3) is 0.133. The number of benzene rings is 1. The number of hydrogen-bond donors (Lipinski definition) is 3. The molecule has 0 aliphatic heterocycles. The Morgan fingerprint density at radius 2 is 1.95 bits per heavy atom. The highest BCUT2D eigenvalue weighted by molar-refractivity contribution is 5.62. The van der Waals surface area contributed by atoms with Crippen molar-refractivity contribution in [3.05, 3.63) is 64.7 Å². The van der Waals surface area contributed by atoms with Crippen LogP contribution in [0.1, 0.15) is 5.69 Å². The van der Waals surface area contributed by atoms with E-state index >= 15 is 0 Å². The number of aromatic amines is 2. The molecule has 0 fully saturated rings. The number of hydrogen-bond acceptors (Lipinski definition) is 2. The molecular formula is C15H16N4O. The summed E-state index contributed by atoms with van der Waals surface area (Å²) in [4.78, 5) is 11.1. The second-order valence-electron chi connectivity index (χ2n) is 4.71. The Labute approximate surface area is 116 Å². The summed E-state index contributed by atoms with van der Waals surface area (Å²) in [7, 11) is 2.03. The van der Waals surface area contributed by atoms with E-state index in [0.717, 1.165) is 23.5 Å². The summed E-state index contributed by atoms with van der Waals surface area (Å²) in [5.74, 6) is 0. The Balaban J connectivity index is 1.70. The summed E-state index contributed by atoms with van der Waals surface area (Å²) in [6.07, 6.45) is 2.03. The van der Waals surface area contributed by atoms with Gasteiger partial charge < -0.3 is 9.88 Å². The van der Waals surface area contributed by atoms with Crippen LogP contribution in [0.4, 0.5) is 5.69 Å². The maximum Gasteiger partial charge on any atom is 0.264 e. The SMILES string of the molecule is Cn1cccc1CNc1ccc(-c2cc(=O)[nH][nH]2)cc1. The average molecular weight is 268 g/mol. The van der Waals surface area contributed by atoms with Crippen molar-refractivity contribution in [2.75, 3.05) is 5.32 Å². The molecular weight excluding hydrogens is 252 g/mol. The van der Waals surface area contributed by atoms with Crippen LogP contribution < -0.4 is 10.9 Å². The largest absolute Gasteiger partial charge is 0.379 e. The molecule has 0 saturated carbocycles. The molecule has 102 valence electrons. The lowest BCUT2D eigenvalue weighted by molar-refractivity contribution is 0.842. The fourth-order valence-corrected chi connectivity index (χ4v) is 2.13. The van der Waals surface area contributed by atoms with E-state index in [-0.39, 0.29) is 5.56 Å². The van der Waals surface area contributed by atoms with Crippen molar-refractivity contribution in [3.8, 4) is 11.3 Å². The van der Waals surface area contributed by atoms with E-state index in [2.05, 4.69) is 26.1 Å². The molecule has 0 aliphatic carbocycles. The van der Waals surface area contributed by atoms with Gasteiger partial charge in [0.15, 0.2) is 0 Å². The van der Waals surface area contributed by atoms with Gasteiger partial charge in [0, 0.05) is 30.7 Å². The van der Waals surface area contributed by atoms with Crippen LogP contribution in [0.15, 0.2) is 53.5 Å². The number of rotatable bonds is 4. The van der Waals surface area contributed by atoms with E-state index < -0.39 is 0 Å². The lowest BCUT2D eigenvalue weighted by Gasteiger charge is -2.08. The minimum absolute atomic E-state index is 0.120. The molecule has 0 unspecified atom stereocenters. The predicted molar refractivity (Wildman–Crippen MR) is 79.6 cm³/mol. The monoisotopic (exact) mass is 268 g/mol. The molecule has 0 saturated heterocycles. The fourth-order valence-electron chi connectivity index (χ4n) is 2.13. The molecule has 3 aromatic rings. The normalized spacial score (nSPS) is 10.7. The Kier molecular flexibility index (Phi) is 3.16. The Bertz CT molecular complexity index is 749. The second kappa shape index (κ2) is 5.13. The van der Waals surface area contributed by atoms with Crippen LogP contribution in [0.3, 0.4) is 0 Å². The van der Waals surface area contributed by atoms with Gasteiger partial charge in [-0.1, -0.05) is 12.1 Å². The third kappa shape index (κ3) is 2.51. The maximum absolute atomic E-state index is 11.1. The summed E-state index contributed by atoms with van der Waals surface area (Å²) in [6, 6.07) is 13.6. The highest BCUT2D eigenvalue weighted by atomic mass is 16.1. The first kappa shape index (κ1) is 12.3. The zero-order chi connectivity index (χ0) is 13.9. The van der Waals surface area contributed by atoms with E-state index in [4.69, 9.17) is 0 Å². The first-order valence-corrected chi connectivity index (χ1v) is 6.44. The molecule has 5 heteroatoms. The van der Waals surface area contributed by atoms with Gasteiger partial charge in [0.25, 0.3) is 5.56 Å². The van der Waals surface area contributed by atoms with Crippen molar-refractivity contribution in [2.24, 2.45) is 7.05 Å². The first-order valence-electron chi connectivity index (χ1n) is 6.44. The summed E-state index contributed by atoms with van der Waals surface area (Å²) in [5, 5.41) is 8.75. The topological polar surface area (TPSA) is 65.6 Å². The number of nitrogens with zero attached hydrogens (tertiary/aromatic N) is 1. The standard InChI is InChI=1S/C15H16N4O/c1-19-8-2-3-13(19)10-16-12-6-4-11(5-7-12)14-9-15(20)18-17-14/h2-9,16H,10H2,1H3,(H2,17,18,20). The molecule has 2 aromatic heterocycles. The highest BCUT2D eigenvalue weighted by Crippen LogP contribution is 2.18. The average Bonchev–Trinajstić information content (AvgIpc) is 3.06. The minimum Gasteiger partial charge on any atom is -0.379 e. The maximum atomic E-state index is 11.1. The van der Waals surface area contributed by atoms with Crippen molar-refractivity contribution in [1.82, 2.24) is 14.8 Å². The van der Waals surface area contributed by atoms with Crippen LogP contribution >= 0.6 is 0 Å². The zero-order valence-electron chi connectivity index (χ0n) is 11.2. The molecule has 5 nitrogen and oxygen atoms in total. The number of aryl methyl sites for hydroxylation is 1. The lowest BCUT2D eigenvalue weighted by atomic mass is 10.1. The van der Waals surface area contributed by atoms with Gasteiger partial charge in [0.05, 0.1) is 12.2 Å². The minimum atomic E-state index is -0.120. The van der Waals surface area contributed by atoms with E-state index in [1.54, 1.807) is 6.07 Å². The van der Waals surface area contributed by atoms with Gasteiger partial charge in [-0.15, -0.1) is 0 Å². The van der Waals surface area contributed by atoms with Crippen molar-refractivity contribution in [2.45, 2.75) is 6.54 Å². The van der Waals surface area contributed by atoms with Crippen molar-refractivity contribution >= 4 is 5.69 Å². The molecule has 1 aromatic carbocycles. The molecule has 2 heterocycles. The quantitative estimate of drug-likeness (QED) is 0.680. The summed E-state index contributed by atoms with van der Waals surface area (Å²) in [6.45, 7) is 0.782. The van der Waals surface area contributed by atoms with Gasteiger partial charge in [-0.05, 0) is 29.8 Å². The first-order chi connectivity index (χ1) is 9.72. The Morgan fingerprint density at radius 3 is 2.55 bits per heavy atom. The molecule has 0 radical (unpaired) electrons. The second-order valence-corrected chi connectivity index (χ2v) is 4.71. The molecule has 0 bridgehead atoms. The van der Waals surface area contributed by atoms with Gasteiger partial charge in [-0.2, -0.15) is 0 Å². The molecule has 3 N–H and O–H groups in total. The molecule has 0 atom stereocenters. The van der Waals surface area contributed by atoms with E-state index in [1.165, 1.54) is 5.69 Å². The summed E-state index contributed by atoms with van der Waals surface area (Å²) >= 11 is 0. The Hall–Kier alpha value is -2.69. The summed E-state index contributed by atoms with van der Waals surface area (Å²) in [5.41, 5.74) is 3.93. The molecule has 0 amide bonds. The highest BCUT2D eigenvalue weighted by Gasteiger charge is 2.01. The van der Waals surface area contributed by atoms with E-state index in [0.29, 0.717) is 0 Å². The van der Waals surface area contributed by atoms with Gasteiger partial charge >= 0.3 is 0 Å². The number of aromatic nitrogens is 3. The van der Waals surface area contributed by atoms with Crippen LogP contribution in [0.2, 0.25) is 0 Å². The van der Waals surface area contributed by atoms with Crippen molar-refractivity contribution in [3.63, 3.8) is 0 Å². The lowest BCUT2D eigenvalue weighted by Crippen LogP contribution is -2.03. The van der Waals surface area contributed by atoms with E-state index in [9.17, 15) is 4.79 Å². The number of H-pyrrole nitrogens is 2. The van der Waals surface area contributed by atoms with Crippen molar-refractivity contribution in [1.29, 1.82) is 0 Å². The van der Waals surface area contributed by atoms with Gasteiger partial charge in [0.2, 0.25) is 0 Å². The van der Waals surface area contributed by atoms with Gasteiger partial charge in [-0.25, -0.2) is 0 Å². The van der Waals surface area contributed by atoms with Crippen molar-refractivity contribution < 1.29 is 0 Å². The van der Waals surface area contributed by atoms with Crippen LogP contribution in [-0.4, -0.2) is 14.8 Å². The Morgan fingerprint density at radius 1 is 1.15 bits per heavy atom. The number of anilines is 1.